The highest BCUT2D eigenvalue weighted by Crippen LogP contribution is 2.25. The van der Waals surface area contributed by atoms with E-state index in [0.29, 0.717) is 6.54 Å². The van der Waals surface area contributed by atoms with Crippen LogP contribution in [0.25, 0.3) is 5.69 Å². The number of para-hydroxylation sites is 2. The van der Waals surface area contributed by atoms with Crippen LogP contribution in [0.4, 0.5) is 5.69 Å². The number of imidazole rings is 1. The Hall–Kier alpha value is -2.27. The van der Waals surface area contributed by atoms with Crippen molar-refractivity contribution in [1.82, 2.24) is 9.55 Å². The van der Waals surface area contributed by atoms with Crippen LogP contribution in [0.15, 0.2) is 65.7 Å². The lowest BCUT2D eigenvalue weighted by Crippen LogP contribution is -2.03. The van der Waals surface area contributed by atoms with Gasteiger partial charge in [-0.15, -0.1) is 0 Å². The normalized spacial score (nSPS) is 10.5. The minimum absolute atomic E-state index is 0.283. The van der Waals surface area contributed by atoms with Gasteiger partial charge in [-0.25, -0.2) is 4.98 Å². The molecule has 2 aromatic carbocycles. The maximum atomic E-state index is 9.89. The number of benzene rings is 2. The van der Waals surface area contributed by atoms with Gasteiger partial charge in [0.15, 0.2) is 0 Å². The molecule has 0 fully saturated rings. The molecule has 0 bridgehead atoms. The van der Waals surface area contributed by atoms with Gasteiger partial charge in [0.05, 0.1) is 17.7 Å². The highest BCUT2D eigenvalue weighted by Gasteiger charge is 2.06. The molecule has 0 radical (unpaired) electrons. The van der Waals surface area contributed by atoms with E-state index >= 15 is 0 Å². The van der Waals surface area contributed by atoms with Gasteiger partial charge in [-0.1, -0.05) is 28.1 Å². The van der Waals surface area contributed by atoms with Gasteiger partial charge in [0, 0.05) is 29.0 Å². The maximum absolute atomic E-state index is 9.89. The van der Waals surface area contributed by atoms with Gasteiger partial charge in [-0.3, -0.25) is 0 Å². The van der Waals surface area contributed by atoms with Crippen LogP contribution in [0.1, 0.15) is 5.56 Å². The third-order valence-electron chi connectivity index (χ3n) is 3.20. The van der Waals surface area contributed by atoms with E-state index in [4.69, 9.17) is 0 Å². The first-order valence-corrected chi connectivity index (χ1v) is 7.32. The molecule has 4 nitrogen and oxygen atoms in total. The second kappa shape index (κ2) is 6.01. The molecule has 0 aliphatic rings. The average molecular weight is 344 g/mol. The zero-order chi connectivity index (χ0) is 14.7. The SMILES string of the molecule is Oc1ccc(Br)cc1CNc1ccccc1-n1ccnc1. The number of aromatic hydroxyl groups is 1. The summed E-state index contributed by atoms with van der Waals surface area (Å²) in [7, 11) is 0. The van der Waals surface area contributed by atoms with Crippen molar-refractivity contribution in [3.63, 3.8) is 0 Å². The molecule has 2 N–H and O–H groups in total. The van der Waals surface area contributed by atoms with Crippen LogP contribution in [-0.2, 0) is 6.54 Å². The Morgan fingerprint density at radius 3 is 2.86 bits per heavy atom. The first kappa shape index (κ1) is 13.7. The summed E-state index contributed by atoms with van der Waals surface area (Å²) in [5, 5.41) is 13.2. The van der Waals surface area contributed by atoms with E-state index < -0.39 is 0 Å². The second-order valence-electron chi connectivity index (χ2n) is 4.61. The lowest BCUT2D eigenvalue weighted by Gasteiger charge is -2.13. The number of phenols is 1. The van der Waals surface area contributed by atoms with Crippen molar-refractivity contribution in [2.24, 2.45) is 0 Å². The maximum Gasteiger partial charge on any atom is 0.120 e. The van der Waals surface area contributed by atoms with Crippen molar-refractivity contribution in [2.75, 3.05) is 5.32 Å². The lowest BCUT2D eigenvalue weighted by molar-refractivity contribution is 0.469. The van der Waals surface area contributed by atoms with Crippen LogP contribution in [0.5, 0.6) is 5.75 Å². The Labute approximate surface area is 131 Å². The molecule has 3 aromatic rings. The predicted octanol–water partition coefficient (Wildman–Crippen LogP) is 3.95. The lowest BCUT2D eigenvalue weighted by atomic mass is 10.2. The molecule has 1 aromatic heterocycles. The second-order valence-corrected chi connectivity index (χ2v) is 5.53. The molecular formula is C16H14BrN3O. The molecule has 21 heavy (non-hydrogen) atoms. The van der Waals surface area contributed by atoms with Crippen LogP contribution < -0.4 is 5.32 Å². The van der Waals surface area contributed by atoms with E-state index in [0.717, 1.165) is 21.4 Å². The molecular weight excluding hydrogens is 330 g/mol. The first-order valence-electron chi connectivity index (χ1n) is 6.52. The molecule has 106 valence electrons. The number of hydrogen-bond donors (Lipinski definition) is 2. The van der Waals surface area contributed by atoms with Crippen molar-refractivity contribution in [3.05, 3.63) is 71.2 Å². The number of nitrogens with one attached hydrogen (secondary N) is 1. The van der Waals surface area contributed by atoms with Crippen molar-refractivity contribution in [2.45, 2.75) is 6.54 Å². The Morgan fingerprint density at radius 1 is 1.19 bits per heavy atom. The van der Waals surface area contributed by atoms with Crippen molar-refractivity contribution >= 4 is 21.6 Å². The number of aromatic nitrogens is 2. The number of halogens is 1. The molecule has 0 saturated carbocycles. The van der Waals surface area contributed by atoms with Gasteiger partial charge in [0.2, 0.25) is 0 Å². The highest BCUT2D eigenvalue weighted by molar-refractivity contribution is 9.10. The topological polar surface area (TPSA) is 50.1 Å². The quantitative estimate of drug-likeness (QED) is 0.753. The third kappa shape index (κ3) is 3.08. The summed E-state index contributed by atoms with van der Waals surface area (Å²) in [6, 6.07) is 13.4. The largest absolute Gasteiger partial charge is 0.508 e. The summed E-state index contributed by atoms with van der Waals surface area (Å²) in [5.41, 5.74) is 2.84. The minimum Gasteiger partial charge on any atom is -0.508 e. The fourth-order valence-electron chi connectivity index (χ4n) is 2.14. The molecule has 0 spiro atoms. The molecule has 0 aliphatic carbocycles. The van der Waals surface area contributed by atoms with Gasteiger partial charge in [-0.05, 0) is 30.3 Å². The Bertz CT molecular complexity index is 741. The molecule has 0 amide bonds. The van der Waals surface area contributed by atoms with E-state index in [9.17, 15) is 5.11 Å². The van der Waals surface area contributed by atoms with Gasteiger partial charge in [0.1, 0.15) is 5.75 Å². The number of anilines is 1. The number of phenolic OH excluding ortho intramolecular Hbond substituents is 1. The summed E-state index contributed by atoms with van der Waals surface area (Å²) < 4.78 is 2.89. The third-order valence-corrected chi connectivity index (χ3v) is 3.69. The fourth-order valence-corrected chi connectivity index (χ4v) is 2.54. The smallest absolute Gasteiger partial charge is 0.120 e. The Kier molecular flexibility index (Phi) is 3.92. The van der Waals surface area contributed by atoms with Crippen LogP contribution in [0.2, 0.25) is 0 Å². The number of hydrogen-bond acceptors (Lipinski definition) is 3. The molecule has 0 unspecified atom stereocenters. The summed E-state index contributed by atoms with van der Waals surface area (Å²) in [6.45, 7) is 0.539. The Balaban J connectivity index is 1.84. The predicted molar refractivity (Wildman–Crippen MR) is 86.7 cm³/mol. The van der Waals surface area contributed by atoms with Crippen LogP contribution in [0.3, 0.4) is 0 Å². The minimum atomic E-state index is 0.283. The summed E-state index contributed by atoms with van der Waals surface area (Å²) in [4.78, 5) is 4.07. The van der Waals surface area contributed by atoms with Crippen LogP contribution in [-0.4, -0.2) is 14.7 Å². The van der Waals surface area contributed by atoms with E-state index in [1.165, 1.54) is 0 Å². The average Bonchev–Trinajstić information content (AvgIpc) is 3.03. The van der Waals surface area contributed by atoms with E-state index in [2.05, 4.69) is 26.2 Å². The van der Waals surface area contributed by atoms with Crippen molar-refractivity contribution in [3.8, 4) is 11.4 Å². The molecule has 0 aliphatic heterocycles. The highest BCUT2D eigenvalue weighted by atomic mass is 79.9. The summed E-state index contributed by atoms with van der Waals surface area (Å²) in [6.07, 6.45) is 5.41. The standard InChI is InChI=1S/C16H14BrN3O/c17-13-5-6-16(21)12(9-13)10-19-14-3-1-2-4-15(14)20-8-7-18-11-20/h1-9,11,19,21H,10H2. The van der Waals surface area contributed by atoms with E-state index in [-0.39, 0.29) is 5.75 Å². The molecule has 0 saturated heterocycles. The fraction of sp³-hybridized carbons (Fsp3) is 0.0625. The van der Waals surface area contributed by atoms with Crippen LogP contribution in [0, 0.1) is 0 Å². The zero-order valence-corrected chi connectivity index (χ0v) is 12.8. The number of rotatable bonds is 4. The van der Waals surface area contributed by atoms with Gasteiger partial charge in [-0.2, -0.15) is 0 Å². The van der Waals surface area contributed by atoms with Crippen molar-refractivity contribution in [1.29, 1.82) is 0 Å². The molecule has 1 heterocycles. The van der Waals surface area contributed by atoms with E-state index in [1.807, 2.05) is 47.2 Å². The summed E-state index contributed by atoms with van der Waals surface area (Å²) in [5.74, 6) is 0.283. The van der Waals surface area contributed by atoms with Crippen molar-refractivity contribution < 1.29 is 5.11 Å². The van der Waals surface area contributed by atoms with Gasteiger partial charge in [0.25, 0.3) is 0 Å². The number of nitrogens with zero attached hydrogens (tertiary/aromatic N) is 2. The molecule has 5 heteroatoms. The van der Waals surface area contributed by atoms with E-state index in [1.54, 1.807) is 18.6 Å². The van der Waals surface area contributed by atoms with Gasteiger partial charge >= 0.3 is 0 Å². The zero-order valence-electron chi connectivity index (χ0n) is 11.2. The first-order chi connectivity index (χ1) is 10.2. The monoisotopic (exact) mass is 343 g/mol. The summed E-state index contributed by atoms with van der Waals surface area (Å²) >= 11 is 3.42. The molecule has 3 rings (SSSR count). The van der Waals surface area contributed by atoms with Crippen LogP contribution >= 0.6 is 15.9 Å². The Morgan fingerprint density at radius 2 is 2.05 bits per heavy atom. The van der Waals surface area contributed by atoms with Gasteiger partial charge < -0.3 is 15.0 Å². The molecule has 0 atom stereocenters.